The monoisotopic (exact) mass is 376 g/mol. The van der Waals surface area contributed by atoms with Gasteiger partial charge in [0.05, 0.1) is 6.61 Å². The fourth-order valence-corrected chi connectivity index (χ4v) is 1.87. The summed E-state index contributed by atoms with van der Waals surface area (Å²) >= 11 is 2.22. The average Bonchev–Trinajstić information content (AvgIpc) is 2.37. The molecule has 0 aliphatic rings. The van der Waals surface area contributed by atoms with E-state index >= 15 is 0 Å². The zero-order valence-electron chi connectivity index (χ0n) is 10.9. The summed E-state index contributed by atoms with van der Waals surface area (Å²) in [6, 6.07) is 7.19. The van der Waals surface area contributed by atoms with E-state index in [-0.39, 0.29) is 18.4 Å². The van der Waals surface area contributed by atoms with Crippen molar-refractivity contribution in [1.29, 1.82) is 0 Å². The fraction of sp³-hybridized carbons (Fsp3) is 0.385. The van der Waals surface area contributed by atoms with Crippen LogP contribution in [0.15, 0.2) is 24.3 Å². The molecule has 104 valence electrons. The Bertz CT molecular complexity index is 434. The summed E-state index contributed by atoms with van der Waals surface area (Å²) in [6.45, 7) is 1.95. The Hall–Kier alpha value is -1.15. The SMILES string of the molecule is COCC(NC(C)=O)C(=O)NCc1ccc(I)cc1. The van der Waals surface area contributed by atoms with Crippen molar-refractivity contribution in [2.24, 2.45) is 0 Å². The molecule has 0 aliphatic heterocycles. The molecule has 0 saturated heterocycles. The molecule has 0 spiro atoms. The Balaban J connectivity index is 2.51. The molecule has 1 unspecified atom stereocenters. The first-order valence-electron chi connectivity index (χ1n) is 5.81. The van der Waals surface area contributed by atoms with Crippen molar-refractivity contribution in [3.05, 3.63) is 33.4 Å². The minimum Gasteiger partial charge on any atom is -0.382 e. The van der Waals surface area contributed by atoms with Crippen LogP contribution in [0.25, 0.3) is 0 Å². The van der Waals surface area contributed by atoms with Gasteiger partial charge >= 0.3 is 0 Å². The van der Waals surface area contributed by atoms with Crippen LogP contribution in [0.4, 0.5) is 0 Å². The van der Waals surface area contributed by atoms with E-state index in [0.717, 1.165) is 9.13 Å². The lowest BCUT2D eigenvalue weighted by Crippen LogP contribution is -2.48. The largest absolute Gasteiger partial charge is 0.382 e. The minimum atomic E-state index is -0.661. The maximum absolute atomic E-state index is 11.9. The lowest BCUT2D eigenvalue weighted by Gasteiger charge is -2.16. The second kappa shape index (κ2) is 8.11. The van der Waals surface area contributed by atoms with Gasteiger partial charge in [-0.15, -0.1) is 0 Å². The Labute approximate surface area is 126 Å². The van der Waals surface area contributed by atoms with Crippen LogP contribution in [0.2, 0.25) is 0 Å². The van der Waals surface area contributed by atoms with Crippen molar-refractivity contribution < 1.29 is 14.3 Å². The second-order valence-electron chi connectivity index (χ2n) is 4.05. The van der Waals surface area contributed by atoms with Crippen molar-refractivity contribution in [2.75, 3.05) is 13.7 Å². The van der Waals surface area contributed by atoms with Crippen molar-refractivity contribution >= 4 is 34.4 Å². The summed E-state index contributed by atoms with van der Waals surface area (Å²) in [7, 11) is 1.49. The lowest BCUT2D eigenvalue weighted by molar-refractivity contribution is -0.129. The van der Waals surface area contributed by atoms with Gasteiger partial charge in [-0.05, 0) is 40.3 Å². The number of carbonyl (C=O) groups is 2. The fourth-order valence-electron chi connectivity index (χ4n) is 1.51. The molecule has 0 aromatic heterocycles. The van der Waals surface area contributed by atoms with Crippen LogP contribution in [0.3, 0.4) is 0 Å². The van der Waals surface area contributed by atoms with Crippen LogP contribution in [0, 0.1) is 3.57 Å². The Morgan fingerprint density at radius 1 is 1.32 bits per heavy atom. The van der Waals surface area contributed by atoms with Crippen molar-refractivity contribution in [2.45, 2.75) is 19.5 Å². The van der Waals surface area contributed by atoms with Gasteiger partial charge in [0.2, 0.25) is 11.8 Å². The Kier molecular flexibility index (Phi) is 6.79. The van der Waals surface area contributed by atoms with Crippen LogP contribution in [0.1, 0.15) is 12.5 Å². The second-order valence-corrected chi connectivity index (χ2v) is 5.30. The standard InChI is InChI=1S/C13H17IN2O3/c1-9(17)16-12(8-19-2)13(18)15-7-10-3-5-11(14)6-4-10/h3-6,12H,7-8H2,1-2H3,(H,15,18)(H,16,17). The first-order valence-corrected chi connectivity index (χ1v) is 6.89. The third-order valence-corrected chi connectivity index (χ3v) is 3.13. The van der Waals surface area contributed by atoms with Crippen LogP contribution < -0.4 is 10.6 Å². The number of methoxy groups -OCH3 is 1. The zero-order valence-corrected chi connectivity index (χ0v) is 13.1. The molecule has 1 aromatic rings. The van der Waals surface area contributed by atoms with Crippen LogP contribution in [-0.2, 0) is 20.9 Å². The molecule has 1 atom stereocenters. The number of halogens is 1. The van der Waals surface area contributed by atoms with E-state index in [4.69, 9.17) is 4.74 Å². The van der Waals surface area contributed by atoms with E-state index in [2.05, 4.69) is 33.2 Å². The van der Waals surface area contributed by atoms with Gasteiger partial charge in [0.15, 0.2) is 0 Å². The lowest BCUT2D eigenvalue weighted by atomic mass is 10.2. The van der Waals surface area contributed by atoms with Gasteiger partial charge in [0, 0.05) is 24.1 Å². The molecular formula is C13H17IN2O3. The maximum Gasteiger partial charge on any atom is 0.245 e. The highest BCUT2D eigenvalue weighted by Crippen LogP contribution is 2.06. The molecule has 0 radical (unpaired) electrons. The van der Waals surface area contributed by atoms with Gasteiger partial charge in [-0.1, -0.05) is 12.1 Å². The smallest absolute Gasteiger partial charge is 0.245 e. The number of rotatable bonds is 6. The number of amides is 2. The summed E-state index contributed by atoms with van der Waals surface area (Å²) in [5.41, 5.74) is 1.01. The van der Waals surface area contributed by atoms with Gasteiger partial charge in [0.1, 0.15) is 6.04 Å². The summed E-state index contributed by atoms with van der Waals surface area (Å²) in [5, 5.41) is 5.32. The first kappa shape index (κ1) is 15.9. The predicted molar refractivity (Wildman–Crippen MR) is 80.5 cm³/mol. The zero-order chi connectivity index (χ0) is 14.3. The normalized spacial score (nSPS) is 11.7. The van der Waals surface area contributed by atoms with E-state index in [1.54, 1.807) is 0 Å². The average molecular weight is 376 g/mol. The highest BCUT2D eigenvalue weighted by Gasteiger charge is 2.18. The molecule has 0 bridgehead atoms. The van der Waals surface area contributed by atoms with Crippen LogP contribution >= 0.6 is 22.6 Å². The molecule has 2 amide bonds. The van der Waals surface area contributed by atoms with E-state index < -0.39 is 6.04 Å². The summed E-state index contributed by atoms with van der Waals surface area (Å²) in [5.74, 6) is -0.512. The van der Waals surface area contributed by atoms with Gasteiger partial charge in [-0.2, -0.15) is 0 Å². The molecule has 19 heavy (non-hydrogen) atoms. The van der Waals surface area contributed by atoms with Gasteiger partial charge in [-0.3, -0.25) is 9.59 Å². The highest BCUT2D eigenvalue weighted by atomic mass is 127. The number of benzene rings is 1. The number of ether oxygens (including phenoxy) is 1. The number of carbonyl (C=O) groups excluding carboxylic acids is 2. The molecular weight excluding hydrogens is 359 g/mol. The number of hydrogen-bond donors (Lipinski definition) is 2. The van der Waals surface area contributed by atoms with Crippen molar-refractivity contribution in [3.63, 3.8) is 0 Å². The van der Waals surface area contributed by atoms with Crippen LogP contribution in [0.5, 0.6) is 0 Å². The predicted octanol–water partition coefficient (Wildman–Crippen LogP) is 1.06. The molecule has 5 nitrogen and oxygen atoms in total. The van der Waals surface area contributed by atoms with Gasteiger partial charge in [0.25, 0.3) is 0 Å². The van der Waals surface area contributed by atoms with Crippen molar-refractivity contribution in [3.8, 4) is 0 Å². The quantitative estimate of drug-likeness (QED) is 0.730. The highest BCUT2D eigenvalue weighted by molar-refractivity contribution is 14.1. The molecule has 0 fully saturated rings. The molecule has 0 saturated carbocycles. The summed E-state index contributed by atoms with van der Waals surface area (Å²) in [4.78, 5) is 22.9. The Morgan fingerprint density at radius 2 is 1.95 bits per heavy atom. The first-order chi connectivity index (χ1) is 9.02. The molecule has 6 heteroatoms. The van der Waals surface area contributed by atoms with E-state index in [1.165, 1.54) is 14.0 Å². The van der Waals surface area contributed by atoms with Gasteiger partial charge < -0.3 is 15.4 Å². The molecule has 1 aromatic carbocycles. The molecule has 1 rings (SSSR count). The number of hydrogen-bond acceptors (Lipinski definition) is 3. The Morgan fingerprint density at radius 3 is 2.47 bits per heavy atom. The van der Waals surface area contributed by atoms with Gasteiger partial charge in [-0.25, -0.2) is 0 Å². The maximum atomic E-state index is 11.9. The van der Waals surface area contributed by atoms with Crippen LogP contribution in [-0.4, -0.2) is 31.6 Å². The summed E-state index contributed by atoms with van der Waals surface area (Å²) in [6.07, 6.45) is 0. The third-order valence-electron chi connectivity index (χ3n) is 2.41. The molecule has 0 aliphatic carbocycles. The molecule has 2 N–H and O–H groups in total. The molecule has 0 heterocycles. The summed E-state index contributed by atoms with van der Waals surface area (Å²) < 4.78 is 6.06. The van der Waals surface area contributed by atoms with Crippen molar-refractivity contribution in [1.82, 2.24) is 10.6 Å². The number of nitrogens with one attached hydrogen (secondary N) is 2. The van der Waals surface area contributed by atoms with E-state index in [9.17, 15) is 9.59 Å². The third kappa shape index (κ3) is 6.02. The van der Waals surface area contributed by atoms with E-state index in [0.29, 0.717) is 6.54 Å². The minimum absolute atomic E-state index is 0.151. The van der Waals surface area contributed by atoms with E-state index in [1.807, 2.05) is 24.3 Å². The topological polar surface area (TPSA) is 67.4 Å².